The third-order valence-corrected chi connectivity index (χ3v) is 3.87. The highest BCUT2D eigenvalue weighted by Gasteiger charge is 2.14. The van der Waals surface area contributed by atoms with E-state index in [0.29, 0.717) is 11.5 Å². The van der Waals surface area contributed by atoms with Gasteiger partial charge in [0.05, 0.1) is 17.9 Å². The lowest BCUT2D eigenvalue weighted by atomic mass is 10.1. The fourth-order valence-corrected chi connectivity index (χ4v) is 2.62. The number of halogens is 1. The monoisotopic (exact) mass is 337 g/mol. The van der Waals surface area contributed by atoms with Gasteiger partial charge in [-0.1, -0.05) is 0 Å². The predicted molar refractivity (Wildman–Crippen MR) is 91.5 cm³/mol. The van der Waals surface area contributed by atoms with Gasteiger partial charge in [0.2, 0.25) is 0 Å². The molecule has 0 bridgehead atoms. The highest BCUT2D eigenvalue weighted by Crippen LogP contribution is 2.24. The quantitative estimate of drug-likeness (QED) is 0.598. The molecule has 0 fully saturated rings. The van der Waals surface area contributed by atoms with Crippen LogP contribution in [-0.2, 0) is 0 Å². The standard InChI is InChI=1S/C17H16FN7/c1-10(17-21-11(2)23-24-17)20-16-9-14(12-3-5-13(18)6-4-12)22-15-7-8-19-25(15)16/h3-10,20H,1-2H3,(H,21,23,24). The summed E-state index contributed by atoms with van der Waals surface area (Å²) in [6, 6.07) is 9.82. The number of nitrogens with one attached hydrogen (secondary N) is 2. The summed E-state index contributed by atoms with van der Waals surface area (Å²) in [6.45, 7) is 3.82. The van der Waals surface area contributed by atoms with Crippen molar-refractivity contribution < 1.29 is 4.39 Å². The van der Waals surface area contributed by atoms with Gasteiger partial charge in [0.1, 0.15) is 17.5 Å². The first-order valence-electron chi connectivity index (χ1n) is 7.86. The van der Waals surface area contributed by atoms with Crippen LogP contribution in [0.15, 0.2) is 42.6 Å². The Morgan fingerprint density at radius 2 is 1.96 bits per heavy atom. The maximum Gasteiger partial charge on any atom is 0.172 e. The lowest BCUT2D eigenvalue weighted by Crippen LogP contribution is -2.12. The number of aryl methyl sites for hydroxylation is 1. The van der Waals surface area contributed by atoms with Gasteiger partial charge >= 0.3 is 0 Å². The topological polar surface area (TPSA) is 83.8 Å². The Hall–Kier alpha value is -3.29. The predicted octanol–water partition coefficient (Wildman–Crippen LogP) is 3.14. The zero-order valence-electron chi connectivity index (χ0n) is 13.7. The number of benzene rings is 1. The van der Waals surface area contributed by atoms with Crippen molar-refractivity contribution in [3.05, 3.63) is 60.1 Å². The highest BCUT2D eigenvalue weighted by atomic mass is 19.1. The largest absolute Gasteiger partial charge is 0.360 e. The zero-order valence-corrected chi connectivity index (χ0v) is 13.7. The Labute approximate surface area is 142 Å². The van der Waals surface area contributed by atoms with Crippen LogP contribution in [0.25, 0.3) is 16.9 Å². The molecule has 1 unspecified atom stereocenters. The van der Waals surface area contributed by atoms with Crippen LogP contribution >= 0.6 is 0 Å². The maximum atomic E-state index is 13.2. The number of hydrogen-bond acceptors (Lipinski definition) is 5. The summed E-state index contributed by atoms with van der Waals surface area (Å²) in [4.78, 5) is 8.93. The summed E-state index contributed by atoms with van der Waals surface area (Å²) in [5.74, 6) is 1.90. The second-order valence-corrected chi connectivity index (χ2v) is 5.78. The molecule has 2 N–H and O–H groups in total. The zero-order chi connectivity index (χ0) is 17.4. The van der Waals surface area contributed by atoms with E-state index in [-0.39, 0.29) is 11.9 Å². The molecule has 126 valence electrons. The van der Waals surface area contributed by atoms with Crippen molar-refractivity contribution in [3.63, 3.8) is 0 Å². The van der Waals surface area contributed by atoms with E-state index < -0.39 is 0 Å². The summed E-state index contributed by atoms with van der Waals surface area (Å²) in [6.07, 6.45) is 1.68. The van der Waals surface area contributed by atoms with Crippen LogP contribution in [0.4, 0.5) is 10.2 Å². The summed E-state index contributed by atoms with van der Waals surface area (Å²) in [7, 11) is 0. The second-order valence-electron chi connectivity index (χ2n) is 5.78. The summed E-state index contributed by atoms with van der Waals surface area (Å²) in [5, 5.41) is 14.7. The van der Waals surface area contributed by atoms with Crippen molar-refractivity contribution in [2.24, 2.45) is 0 Å². The third-order valence-electron chi connectivity index (χ3n) is 3.87. The normalized spacial score (nSPS) is 12.4. The molecule has 8 heteroatoms. The average molecular weight is 337 g/mol. The SMILES string of the molecule is Cc1nc(C(C)Nc2cc(-c3ccc(F)cc3)nc3ccnn23)n[nH]1. The molecular weight excluding hydrogens is 321 g/mol. The van der Waals surface area contributed by atoms with Crippen LogP contribution in [0.2, 0.25) is 0 Å². The Balaban J connectivity index is 1.74. The molecule has 4 aromatic rings. The van der Waals surface area contributed by atoms with Gasteiger partial charge in [-0.25, -0.2) is 14.4 Å². The molecule has 3 heterocycles. The number of aromatic nitrogens is 6. The van der Waals surface area contributed by atoms with Crippen LogP contribution in [0, 0.1) is 12.7 Å². The number of aromatic amines is 1. The van der Waals surface area contributed by atoms with Gasteiger partial charge in [0.25, 0.3) is 0 Å². The van der Waals surface area contributed by atoms with E-state index in [4.69, 9.17) is 0 Å². The summed E-state index contributed by atoms with van der Waals surface area (Å²) >= 11 is 0. The maximum absolute atomic E-state index is 13.2. The van der Waals surface area contributed by atoms with Crippen molar-refractivity contribution in [3.8, 4) is 11.3 Å². The Kier molecular flexibility index (Phi) is 3.64. The van der Waals surface area contributed by atoms with Crippen LogP contribution in [0.5, 0.6) is 0 Å². The molecule has 0 saturated carbocycles. The van der Waals surface area contributed by atoms with Crippen LogP contribution < -0.4 is 5.32 Å². The number of anilines is 1. The van der Waals surface area contributed by atoms with Gasteiger partial charge < -0.3 is 5.32 Å². The first-order chi connectivity index (χ1) is 12.1. The van der Waals surface area contributed by atoms with E-state index in [9.17, 15) is 4.39 Å². The molecular formula is C17H16FN7. The molecule has 25 heavy (non-hydrogen) atoms. The number of hydrogen-bond donors (Lipinski definition) is 2. The molecule has 4 rings (SSSR count). The molecule has 0 radical (unpaired) electrons. The third kappa shape index (κ3) is 2.93. The van der Waals surface area contributed by atoms with Gasteiger partial charge in [-0.2, -0.15) is 14.7 Å². The van der Waals surface area contributed by atoms with E-state index in [0.717, 1.165) is 22.9 Å². The first kappa shape index (κ1) is 15.3. The van der Waals surface area contributed by atoms with Gasteiger partial charge in [0.15, 0.2) is 11.5 Å². The van der Waals surface area contributed by atoms with E-state index in [1.165, 1.54) is 12.1 Å². The highest BCUT2D eigenvalue weighted by molar-refractivity contribution is 5.66. The van der Waals surface area contributed by atoms with Gasteiger partial charge in [0, 0.05) is 17.7 Å². The van der Waals surface area contributed by atoms with E-state index in [2.05, 4.69) is 30.6 Å². The molecule has 0 saturated heterocycles. The van der Waals surface area contributed by atoms with Gasteiger partial charge in [-0.3, -0.25) is 5.10 Å². The first-order valence-corrected chi connectivity index (χ1v) is 7.86. The van der Waals surface area contributed by atoms with Gasteiger partial charge in [-0.05, 0) is 38.1 Å². The minimum absolute atomic E-state index is 0.124. The fourth-order valence-electron chi connectivity index (χ4n) is 2.62. The van der Waals surface area contributed by atoms with Crippen LogP contribution in [-0.4, -0.2) is 29.8 Å². The van der Waals surface area contributed by atoms with Crippen molar-refractivity contribution in [2.45, 2.75) is 19.9 Å². The molecule has 0 spiro atoms. The minimum atomic E-state index is -0.277. The van der Waals surface area contributed by atoms with Crippen molar-refractivity contribution >= 4 is 11.5 Å². The summed E-state index contributed by atoms with van der Waals surface area (Å²) in [5.41, 5.74) is 2.26. The second kappa shape index (κ2) is 5.97. The summed E-state index contributed by atoms with van der Waals surface area (Å²) < 4.78 is 14.9. The number of nitrogens with zero attached hydrogens (tertiary/aromatic N) is 5. The Morgan fingerprint density at radius 3 is 2.68 bits per heavy atom. The molecule has 0 amide bonds. The fraction of sp³-hybridized carbons (Fsp3) is 0.176. The van der Waals surface area contributed by atoms with E-state index in [1.54, 1.807) is 22.8 Å². The molecule has 0 aliphatic rings. The molecule has 1 atom stereocenters. The smallest absolute Gasteiger partial charge is 0.172 e. The van der Waals surface area contributed by atoms with Crippen LogP contribution in [0.1, 0.15) is 24.6 Å². The lowest BCUT2D eigenvalue weighted by molar-refractivity contribution is 0.628. The molecule has 0 aliphatic carbocycles. The molecule has 7 nitrogen and oxygen atoms in total. The molecule has 3 aromatic heterocycles. The van der Waals surface area contributed by atoms with E-state index >= 15 is 0 Å². The average Bonchev–Trinajstić information content (AvgIpc) is 3.24. The number of rotatable bonds is 4. The molecule has 0 aliphatic heterocycles. The van der Waals surface area contributed by atoms with Crippen LogP contribution in [0.3, 0.4) is 0 Å². The Bertz CT molecular complexity index is 1020. The Morgan fingerprint density at radius 1 is 1.16 bits per heavy atom. The van der Waals surface area contributed by atoms with E-state index in [1.807, 2.05) is 26.0 Å². The van der Waals surface area contributed by atoms with Gasteiger partial charge in [-0.15, -0.1) is 0 Å². The van der Waals surface area contributed by atoms with Crippen molar-refractivity contribution in [1.82, 2.24) is 29.8 Å². The molecule has 1 aromatic carbocycles. The lowest BCUT2D eigenvalue weighted by Gasteiger charge is -2.14. The van der Waals surface area contributed by atoms with Crippen molar-refractivity contribution in [1.29, 1.82) is 0 Å². The number of fused-ring (bicyclic) bond motifs is 1. The minimum Gasteiger partial charge on any atom is -0.360 e. The number of H-pyrrole nitrogens is 1. The van der Waals surface area contributed by atoms with Crippen molar-refractivity contribution in [2.75, 3.05) is 5.32 Å².